The third kappa shape index (κ3) is 2.23. The van der Waals surface area contributed by atoms with E-state index in [0.717, 1.165) is 5.56 Å². The van der Waals surface area contributed by atoms with Gasteiger partial charge in [-0.25, -0.2) is 14.2 Å². The van der Waals surface area contributed by atoms with Crippen molar-refractivity contribution in [3.63, 3.8) is 0 Å². The Kier molecular flexibility index (Phi) is 3.90. The summed E-state index contributed by atoms with van der Waals surface area (Å²) >= 11 is 0. The molecule has 5 rings (SSSR count). The maximum atomic E-state index is 15.6. The predicted octanol–water partition coefficient (Wildman–Crippen LogP) is 1.99. The summed E-state index contributed by atoms with van der Waals surface area (Å²) < 4.78 is 22.1. The molecule has 0 saturated carbocycles. The number of ether oxygens (including phenoxy) is 1. The van der Waals surface area contributed by atoms with Gasteiger partial charge in [-0.1, -0.05) is 19.1 Å². The highest BCUT2D eigenvalue weighted by Gasteiger charge is 2.45. The van der Waals surface area contributed by atoms with Crippen molar-refractivity contribution in [1.82, 2.24) is 9.55 Å². The molecule has 2 aliphatic heterocycles. The van der Waals surface area contributed by atoms with Crippen LogP contribution in [0.25, 0.3) is 22.3 Å². The van der Waals surface area contributed by atoms with Gasteiger partial charge in [0.2, 0.25) is 0 Å². The van der Waals surface area contributed by atoms with Crippen LogP contribution in [0.3, 0.4) is 0 Å². The molecule has 0 saturated heterocycles. The second-order valence-corrected chi connectivity index (χ2v) is 7.83. The van der Waals surface area contributed by atoms with E-state index in [1.54, 1.807) is 26.0 Å². The Bertz CT molecular complexity index is 1330. The minimum atomic E-state index is -1.92. The van der Waals surface area contributed by atoms with E-state index in [4.69, 9.17) is 15.5 Å². The maximum Gasteiger partial charge on any atom is 0.343 e. The minimum absolute atomic E-state index is 0.0242. The molecule has 0 unspecified atom stereocenters. The van der Waals surface area contributed by atoms with Crippen LogP contribution in [0, 0.1) is 12.7 Å². The smallest absolute Gasteiger partial charge is 0.343 e. The number of hydrogen-bond acceptors (Lipinski definition) is 6. The molecule has 3 aromatic rings. The maximum absolute atomic E-state index is 15.6. The summed E-state index contributed by atoms with van der Waals surface area (Å²) in [5, 5.41) is 11.3. The summed E-state index contributed by atoms with van der Waals surface area (Å²) in [6.45, 7) is 3.44. The molecule has 0 bridgehead atoms. The fourth-order valence-corrected chi connectivity index (χ4v) is 4.51. The average molecular weight is 409 g/mol. The summed E-state index contributed by atoms with van der Waals surface area (Å²) in [6.07, 6.45) is 0.0462. The van der Waals surface area contributed by atoms with Gasteiger partial charge in [0.15, 0.2) is 5.60 Å². The van der Waals surface area contributed by atoms with E-state index in [9.17, 15) is 14.7 Å². The number of pyridine rings is 2. The van der Waals surface area contributed by atoms with Crippen molar-refractivity contribution in [2.75, 3.05) is 0 Å². The summed E-state index contributed by atoms with van der Waals surface area (Å²) in [5.74, 6) is -1.22. The first-order chi connectivity index (χ1) is 14.3. The van der Waals surface area contributed by atoms with E-state index in [0.29, 0.717) is 33.4 Å². The lowest BCUT2D eigenvalue weighted by atomic mass is 9.86. The SMILES string of the molecule is CC[C@@]1(O)C(=O)OCc2c1cc1n(c2=O)Cc2c-1nc1c(CN)ccc(C)c1c2F. The zero-order valence-electron chi connectivity index (χ0n) is 16.6. The Morgan fingerprint density at radius 2 is 2.10 bits per heavy atom. The van der Waals surface area contributed by atoms with Crippen LogP contribution < -0.4 is 11.3 Å². The quantitative estimate of drug-likeness (QED) is 0.490. The van der Waals surface area contributed by atoms with Crippen molar-refractivity contribution in [1.29, 1.82) is 0 Å². The summed E-state index contributed by atoms with van der Waals surface area (Å²) in [5.41, 5.74) is 6.82. The Morgan fingerprint density at radius 3 is 2.80 bits per heavy atom. The van der Waals surface area contributed by atoms with Crippen molar-refractivity contribution in [2.45, 2.75) is 45.6 Å². The molecule has 30 heavy (non-hydrogen) atoms. The van der Waals surface area contributed by atoms with Gasteiger partial charge in [0.05, 0.1) is 29.0 Å². The number of carbonyl (C=O) groups is 1. The molecule has 8 heteroatoms. The van der Waals surface area contributed by atoms with Crippen molar-refractivity contribution in [3.05, 3.63) is 62.2 Å². The van der Waals surface area contributed by atoms with Gasteiger partial charge in [-0.15, -0.1) is 0 Å². The van der Waals surface area contributed by atoms with E-state index in [1.807, 2.05) is 6.07 Å². The van der Waals surface area contributed by atoms with E-state index in [1.165, 1.54) is 4.57 Å². The largest absolute Gasteiger partial charge is 0.458 e. The lowest BCUT2D eigenvalue weighted by Crippen LogP contribution is -2.44. The van der Waals surface area contributed by atoms with Gasteiger partial charge in [0, 0.05) is 23.1 Å². The molecule has 2 aromatic heterocycles. The topological polar surface area (TPSA) is 107 Å². The average Bonchev–Trinajstić information content (AvgIpc) is 3.11. The molecule has 0 amide bonds. The number of hydrogen-bond donors (Lipinski definition) is 2. The standard InChI is InChI=1S/C22H20FN3O4/c1-3-22(29)14-6-15-19-12(8-26(15)20(27)13(14)9-30-21(22)28)17(23)16-10(2)4-5-11(7-24)18(16)25-19/h4-6,29H,3,7-9,24H2,1-2H3/t22-/m0/s1. The number of aromatic nitrogens is 2. The Labute approximate surface area is 170 Å². The molecule has 0 aliphatic carbocycles. The Hall–Kier alpha value is -3.10. The number of halogens is 1. The van der Waals surface area contributed by atoms with Crippen LogP contribution in [-0.2, 0) is 34.8 Å². The van der Waals surface area contributed by atoms with Crippen molar-refractivity contribution in [2.24, 2.45) is 5.73 Å². The van der Waals surface area contributed by atoms with Crippen LogP contribution in [0.2, 0.25) is 0 Å². The zero-order valence-corrected chi connectivity index (χ0v) is 16.6. The number of benzene rings is 1. The molecule has 2 aliphatic rings. The van der Waals surface area contributed by atoms with E-state index in [2.05, 4.69) is 0 Å². The number of aliphatic hydroxyl groups is 1. The first-order valence-corrected chi connectivity index (χ1v) is 9.79. The van der Waals surface area contributed by atoms with Gasteiger partial charge in [-0.3, -0.25) is 4.79 Å². The highest BCUT2D eigenvalue weighted by Crippen LogP contribution is 2.40. The Balaban J connectivity index is 1.86. The minimum Gasteiger partial charge on any atom is -0.458 e. The molecule has 0 fully saturated rings. The molecule has 3 N–H and O–H groups in total. The molecule has 0 spiro atoms. The molecule has 4 heterocycles. The summed E-state index contributed by atoms with van der Waals surface area (Å²) in [7, 11) is 0. The fraction of sp³-hybridized carbons (Fsp3) is 0.318. The first kappa shape index (κ1) is 18.9. The Morgan fingerprint density at radius 1 is 1.33 bits per heavy atom. The third-order valence-electron chi connectivity index (χ3n) is 6.29. The number of aryl methyl sites for hydroxylation is 1. The van der Waals surface area contributed by atoms with E-state index >= 15 is 4.39 Å². The van der Waals surface area contributed by atoms with Gasteiger partial charge >= 0.3 is 5.97 Å². The highest BCUT2D eigenvalue weighted by molar-refractivity contribution is 5.90. The van der Waals surface area contributed by atoms with Gasteiger partial charge < -0.3 is 20.1 Å². The van der Waals surface area contributed by atoms with Crippen molar-refractivity contribution in [3.8, 4) is 11.4 Å². The van der Waals surface area contributed by atoms with Crippen LogP contribution >= 0.6 is 0 Å². The number of esters is 1. The number of rotatable bonds is 2. The molecule has 154 valence electrons. The normalized spacial score (nSPS) is 19.4. The fourth-order valence-electron chi connectivity index (χ4n) is 4.51. The van der Waals surface area contributed by atoms with Crippen LogP contribution in [0.15, 0.2) is 23.0 Å². The number of nitrogens with two attached hydrogens (primary N) is 1. The number of cyclic esters (lactones) is 1. The van der Waals surface area contributed by atoms with Gasteiger partial charge in [0.1, 0.15) is 12.4 Å². The number of fused-ring (bicyclic) bond motifs is 5. The second kappa shape index (κ2) is 6.20. The monoisotopic (exact) mass is 409 g/mol. The number of nitrogens with zero attached hydrogens (tertiary/aromatic N) is 2. The highest BCUT2D eigenvalue weighted by atomic mass is 19.1. The molecular weight excluding hydrogens is 389 g/mol. The van der Waals surface area contributed by atoms with Gasteiger partial charge in [-0.2, -0.15) is 0 Å². The van der Waals surface area contributed by atoms with E-state index < -0.39 is 22.9 Å². The van der Waals surface area contributed by atoms with Crippen LogP contribution in [0.1, 0.15) is 41.2 Å². The molecule has 1 atom stereocenters. The van der Waals surface area contributed by atoms with Crippen LogP contribution in [-0.4, -0.2) is 20.6 Å². The first-order valence-electron chi connectivity index (χ1n) is 9.79. The third-order valence-corrected chi connectivity index (χ3v) is 6.29. The number of carbonyl (C=O) groups excluding carboxylic acids is 1. The molecule has 0 radical (unpaired) electrons. The lowest BCUT2D eigenvalue weighted by molar-refractivity contribution is -0.172. The second-order valence-electron chi connectivity index (χ2n) is 7.83. The van der Waals surface area contributed by atoms with E-state index in [-0.39, 0.29) is 37.2 Å². The molecular formula is C22H20FN3O4. The van der Waals surface area contributed by atoms with Crippen molar-refractivity contribution >= 4 is 16.9 Å². The van der Waals surface area contributed by atoms with Crippen molar-refractivity contribution < 1.29 is 19.0 Å². The predicted molar refractivity (Wildman–Crippen MR) is 107 cm³/mol. The van der Waals surface area contributed by atoms with Gasteiger partial charge in [-0.05, 0) is 30.5 Å². The molecule has 7 nitrogen and oxygen atoms in total. The summed E-state index contributed by atoms with van der Waals surface area (Å²) in [6, 6.07) is 5.19. The van der Waals surface area contributed by atoms with Crippen LogP contribution in [0.4, 0.5) is 4.39 Å². The zero-order chi connectivity index (χ0) is 21.4. The van der Waals surface area contributed by atoms with Gasteiger partial charge in [0.25, 0.3) is 5.56 Å². The van der Waals surface area contributed by atoms with Crippen LogP contribution in [0.5, 0.6) is 0 Å². The molecule has 1 aromatic carbocycles. The lowest BCUT2D eigenvalue weighted by Gasteiger charge is -2.31. The summed E-state index contributed by atoms with van der Waals surface area (Å²) in [4.78, 5) is 30.1.